The molecule has 1 saturated carbocycles. The highest BCUT2D eigenvalue weighted by atomic mass is 16.1. The van der Waals surface area contributed by atoms with Crippen molar-refractivity contribution in [3.63, 3.8) is 0 Å². The smallest absolute Gasteiger partial charge is 0.227 e. The van der Waals surface area contributed by atoms with E-state index in [1.54, 1.807) is 0 Å². The van der Waals surface area contributed by atoms with E-state index in [0.29, 0.717) is 18.1 Å². The largest absolute Gasteiger partial charge is 0.353 e. The molecule has 2 aliphatic carbocycles. The Morgan fingerprint density at radius 2 is 1.95 bits per heavy atom. The van der Waals surface area contributed by atoms with E-state index in [4.69, 9.17) is 0 Å². The second kappa shape index (κ2) is 12.6. The van der Waals surface area contributed by atoms with Gasteiger partial charge >= 0.3 is 0 Å². The monoisotopic (exact) mass is 501 g/mol. The molecule has 2 heterocycles. The lowest BCUT2D eigenvalue weighted by Gasteiger charge is -2.46. The van der Waals surface area contributed by atoms with Gasteiger partial charge in [-0.05, 0) is 61.6 Å². The third kappa shape index (κ3) is 6.29. The SMILES string of the molecule is C=CCN1CCC2CCCC(C1)N2C(C1=CCC(C(=O)NC2CCCCC2)C=C1)c1cccc(CC)c1. The summed E-state index contributed by atoms with van der Waals surface area (Å²) in [4.78, 5) is 18.6. The van der Waals surface area contributed by atoms with E-state index in [2.05, 4.69) is 77.2 Å². The minimum Gasteiger partial charge on any atom is -0.353 e. The highest BCUT2D eigenvalue weighted by molar-refractivity contribution is 5.81. The third-order valence-electron chi connectivity index (χ3n) is 9.26. The summed E-state index contributed by atoms with van der Waals surface area (Å²) >= 11 is 0. The molecule has 0 spiro atoms. The van der Waals surface area contributed by atoms with Gasteiger partial charge in [-0.25, -0.2) is 0 Å². The quantitative estimate of drug-likeness (QED) is 0.421. The van der Waals surface area contributed by atoms with Crippen LogP contribution in [0.3, 0.4) is 0 Å². The van der Waals surface area contributed by atoms with Crippen molar-refractivity contribution in [3.05, 3.63) is 71.8 Å². The maximum absolute atomic E-state index is 13.1. The fourth-order valence-electron chi connectivity index (χ4n) is 7.26. The molecule has 0 radical (unpaired) electrons. The standard InChI is InChI=1S/C33H47N3O/c1-3-21-35-22-20-30-14-9-15-31(24-35)36(30)32(28-11-8-10-25(4-2)23-28)26-16-18-27(19-17-26)33(37)34-29-12-6-5-7-13-29/h3,8,10-11,16-18,23,27,29-32H,1,4-7,9,12-15,19-22,24H2,2H3,(H,34,37). The van der Waals surface area contributed by atoms with Gasteiger partial charge in [-0.15, -0.1) is 6.58 Å². The minimum absolute atomic E-state index is 0.0416. The van der Waals surface area contributed by atoms with Gasteiger partial charge in [0.15, 0.2) is 0 Å². The van der Waals surface area contributed by atoms with Crippen molar-refractivity contribution < 1.29 is 4.79 Å². The van der Waals surface area contributed by atoms with E-state index in [0.717, 1.165) is 45.3 Å². The normalized spacial score (nSPS) is 28.2. The fourth-order valence-corrected chi connectivity index (χ4v) is 7.26. The molecular formula is C33H47N3O. The highest BCUT2D eigenvalue weighted by Crippen LogP contribution is 2.42. The second-order valence-corrected chi connectivity index (χ2v) is 11.8. The Morgan fingerprint density at radius 3 is 2.70 bits per heavy atom. The number of amides is 1. The lowest BCUT2D eigenvalue weighted by atomic mass is 9.84. The minimum atomic E-state index is -0.0416. The van der Waals surface area contributed by atoms with E-state index >= 15 is 0 Å². The van der Waals surface area contributed by atoms with Crippen LogP contribution < -0.4 is 5.32 Å². The van der Waals surface area contributed by atoms with Crippen LogP contribution >= 0.6 is 0 Å². The molecule has 1 aromatic rings. The number of hydrogen-bond acceptors (Lipinski definition) is 3. The Labute approximate surface area is 224 Å². The Kier molecular flexibility index (Phi) is 8.99. The maximum Gasteiger partial charge on any atom is 0.227 e. The van der Waals surface area contributed by atoms with Crippen molar-refractivity contribution in [2.24, 2.45) is 5.92 Å². The summed E-state index contributed by atoms with van der Waals surface area (Å²) < 4.78 is 0. The van der Waals surface area contributed by atoms with E-state index < -0.39 is 0 Å². The topological polar surface area (TPSA) is 35.6 Å². The Morgan fingerprint density at radius 1 is 1.11 bits per heavy atom. The van der Waals surface area contributed by atoms with Gasteiger partial charge in [0.2, 0.25) is 5.91 Å². The van der Waals surface area contributed by atoms with Gasteiger partial charge in [-0.2, -0.15) is 0 Å². The molecule has 4 aliphatic rings. The molecule has 2 saturated heterocycles. The zero-order valence-corrected chi connectivity index (χ0v) is 22.9. The van der Waals surface area contributed by atoms with Gasteiger partial charge in [0.25, 0.3) is 0 Å². The predicted octanol–water partition coefficient (Wildman–Crippen LogP) is 6.36. The summed E-state index contributed by atoms with van der Waals surface area (Å²) in [6, 6.07) is 11.1. The van der Waals surface area contributed by atoms with Crippen LogP contribution in [0, 0.1) is 5.92 Å². The number of nitrogens with one attached hydrogen (secondary N) is 1. The first kappa shape index (κ1) is 26.4. The van der Waals surface area contributed by atoms with Gasteiger partial charge in [0, 0.05) is 37.8 Å². The molecule has 37 heavy (non-hydrogen) atoms. The first-order valence-electron chi connectivity index (χ1n) is 15.0. The van der Waals surface area contributed by atoms with Crippen LogP contribution in [0.25, 0.3) is 0 Å². The summed E-state index contributed by atoms with van der Waals surface area (Å²) in [5.74, 6) is 0.176. The number of aryl methyl sites for hydroxylation is 1. The number of benzene rings is 1. The summed E-state index contributed by atoms with van der Waals surface area (Å²) in [6.07, 6.45) is 22.0. The van der Waals surface area contributed by atoms with Crippen molar-refractivity contribution in [1.82, 2.24) is 15.1 Å². The van der Waals surface area contributed by atoms with Crippen molar-refractivity contribution in [2.45, 2.75) is 102 Å². The summed E-state index contributed by atoms with van der Waals surface area (Å²) in [5, 5.41) is 3.36. The first-order valence-corrected chi connectivity index (χ1v) is 15.0. The lowest BCUT2D eigenvalue weighted by molar-refractivity contribution is -0.124. The number of piperidine rings is 1. The highest BCUT2D eigenvalue weighted by Gasteiger charge is 2.40. The summed E-state index contributed by atoms with van der Waals surface area (Å²) in [6.45, 7) is 9.52. The van der Waals surface area contributed by atoms with Crippen molar-refractivity contribution in [3.8, 4) is 0 Å². The number of carbonyl (C=O) groups excluding carboxylic acids is 1. The number of carbonyl (C=O) groups is 1. The molecule has 2 aliphatic heterocycles. The number of nitrogens with zero attached hydrogens (tertiary/aromatic N) is 2. The summed E-state index contributed by atoms with van der Waals surface area (Å²) in [7, 11) is 0. The van der Waals surface area contributed by atoms with Crippen LogP contribution in [0.2, 0.25) is 0 Å². The molecule has 4 heteroatoms. The zero-order chi connectivity index (χ0) is 25.6. The molecule has 1 N–H and O–H groups in total. The molecule has 1 amide bonds. The van der Waals surface area contributed by atoms with Crippen LogP contribution in [0.5, 0.6) is 0 Å². The molecule has 5 rings (SSSR count). The van der Waals surface area contributed by atoms with Gasteiger partial charge < -0.3 is 5.32 Å². The second-order valence-electron chi connectivity index (χ2n) is 11.8. The van der Waals surface area contributed by atoms with Gasteiger partial charge in [0.1, 0.15) is 0 Å². The maximum atomic E-state index is 13.1. The van der Waals surface area contributed by atoms with E-state index in [-0.39, 0.29) is 17.9 Å². The molecule has 3 fully saturated rings. The van der Waals surface area contributed by atoms with E-state index in [9.17, 15) is 4.79 Å². The van der Waals surface area contributed by atoms with Crippen molar-refractivity contribution in [2.75, 3.05) is 19.6 Å². The van der Waals surface area contributed by atoms with Crippen LogP contribution in [0.4, 0.5) is 0 Å². The van der Waals surface area contributed by atoms with Gasteiger partial charge in [0.05, 0.1) is 12.0 Å². The Hall–Kier alpha value is -2.17. The Balaban J connectivity index is 1.40. The summed E-state index contributed by atoms with van der Waals surface area (Å²) in [5.41, 5.74) is 4.19. The number of allylic oxidation sites excluding steroid dienone is 1. The fraction of sp³-hybridized carbons (Fsp3) is 0.606. The van der Waals surface area contributed by atoms with Crippen LogP contribution in [0.15, 0.2) is 60.7 Å². The van der Waals surface area contributed by atoms with E-state index in [1.807, 2.05) is 0 Å². The molecule has 0 aromatic heterocycles. The van der Waals surface area contributed by atoms with Crippen LogP contribution in [0.1, 0.15) is 88.3 Å². The average Bonchev–Trinajstić information content (AvgIpc) is 3.02. The molecular weight excluding hydrogens is 454 g/mol. The predicted molar refractivity (Wildman–Crippen MR) is 153 cm³/mol. The molecule has 4 atom stereocenters. The first-order chi connectivity index (χ1) is 18.2. The number of rotatable bonds is 8. The van der Waals surface area contributed by atoms with E-state index in [1.165, 1.54) is 61.6 Å². The van der Waals surface area contributed by atoms with Gasteiger partial charge in [-0.1, -0.05) is 81.2 Å². The molecule has 2 bridgehead atoms. The lowest BCUT2D eigenvalue weighted by Crippen LogP contribution is -2.50. The van der Waals surface area contributed by atoms with Crippen molar-refractivity contribution >= 4 is 5.91 Å². The van der Waals surface area contributed by atoms with Crippen LogP contribution in [-0.4, -0.2) is 53.5 Å². The molecule has 4 nitrogen and oxygen atoms in total. The molecule has 1 aromatic carbocycles. The molecule has 200 valence electrons. The number of fused-ring (bicyclic) bond motifs is 2. The zero-order valence-electron chi connectivity index (χ0n) is 22.9. The van der Waals surface area contributed by atoms with Crippen LogP contribution in [-0.2, 0) is 11.2 Å². The Bertz CT molecular complexity index is 991. The molecule has 4 unspecified atom stereocenters. The number of hydrogen-bond donors (Lipinski definition) is 1. The average molecular weight is 502 g/mol. The third-order valence-corrected chi connectivity index (χ3v) is 9.26. The van der Waals surface area contributed by atoms with Crippen molar-refractivity contribution in [1.29, 1.82) is 0 Å². The van der Waals surface area contributed by atoms with Gasteiger partial charge in [-0.3, -0.25) is 14.6 Å².